The van der Waals surface area contributed by atoms with Gasteiger partial charge in [-0.1, -0.05) is 23.4 Å². The molecule has 140 valence electrons. The maximum atomic E-state index is 12.7. The van der Waals surface area contributed by atoms with Crippen molar-refractivity contribution in [2.24, 2.45) is 0 Å². The standard InChI is InChI=1S/C18H10ClN3O4S2/c19-12-3-1-9(22(24)25)7-11(12)13-4-2-10(26-13)8-14-16(23)15(17(20)28-14)18-21-5-6-27-18/h1-8,15,20H. The monoisotopic (exact) mass is 431 g/mol. The van der Waals surface area contributed by atoms with Crippen LogP contribution in [-0.2, 0) is 4.79 Å². The first kappa shape index (κ1) is 18.6. The van der Waals surface area contributed by atoms with Crippen LogP contribution in [0.15, 0.2) is 51.2 Å². The zero-order valence-corrected chi connectivity index (χ0v) is 16.3. The van der Waals surface area contributed by atoms with Crippen LogP contribution in [0.4, 0.5) is 5.69 Å². The molecule has 1 atom stereocenters. The highest BCUT2D eigenvalue weighted by Gasteiger charge is 2.38. The largest absolute Gasteiger partial charge is 0.457 e. The molecule has 1 unspecified atom stereocenters. The third-order valence-corrected chi connectivity index (χ3v) is 6.18. The van der Waals surface area contributed by atoms with E-state index in [1.165, 1.54) is 29.5 Å². The van der Waals surface area contributed by atoms with Gasteiger partial charge in [-0.05, 0) is 24.3 Å². The van der Waals surface area contributed by atoms with E-state index >= 15 is 0 Å². The number of carbonyl (C=O) groups excluding carboxylic acids is 1. The molecular weight excluding hydrogens is 422 g/mol. The number of furan rings is 1. The summed E-state index contributed by atoms with van der Waals surface area (Å²) in [6.07, 6.45) is 3.17. The summed E-state index contributed by atoms with van der Waals surface area (Å²) < 4.78 is 5.72. The van der Waals surface area contributed by atoms with Crippen molar-refractivity contribution in [2.45, 2.75) is 5.92 Å². The van der Waals surface area contributed by atoms with Crippen molar-refractivity contribution in [2.75, 3.05) is 0 Å². The molecule has 1 N–H and O–H groups in total. The molecule has 3 heterocycles. The minimum Gasteiger partial charge on any atom is -0.457 e. The first-order chi connectivity index (χ1) is 13.4. The number of thioether (sulfide) groups is 1. The van der Waals surface area contributed by atoms with Crippen LogP contribution in [0.25, 0.3) is 17.4 Å². The van der Waals surface area contributed by atoms with Crippen LogP contribution < -0.4 is 0 Å². The first-order valence-corrected chi connectivity index (χ1v) is 9.97. The molecule has 0 radical (unpaired) electrons. The number of rotatable bonds is 4. The number of hydrogen-bond acceptors (Lipinski definition) is 8. The second-order valence-corrected chi connectivity index (χ2v) is 8.18. The van der Waals surface area contributed by atoms with Gasteiger partial charge in [-0.25, -0.2) is 4.98 Å². The summed E-state index contributed by atoms with van der Waals surface area (Å²) >= 11 is 8.56. The molecule has 0 saturated carbocycles. The first-order valence-electron chi connectivity index (χ1n) is 7.90. The Labute approximate surface area is 171 Å². The van der Waals surface area contributed by atoms with E-state index in [0.717, 1.165) is 11.8 Å². The van der Waals surface area contributed by atoms with Gasteiger partial charge in [-0.2, -0.15) is 0 Å². The number of nitrogens with one attached hydrogen (secondary N) is 1. The number of aromatic nitrogens is 1. The average Bonchev–Trinajstić information content (AvgIpc) is 3.38. The van der Waals surface area contributed by atoms with E-state index in [9.17, 15) is 14.9 Å². The number of ketones is 1. The Kier molecular flexibility index (Phi) is 4.88. The molecule has 10 heteroatoms. The SMILES string of the molecule is N=C1SC(=Cc2ccc(-c3cc([N+](=O)[O-])ccc3Cl)o2)C(=O)C1c1nccs1. The Morgan fingerprint density at radius 1 is 1.32 bits per heavy atom. The van der Waals surface area contributed by atoms with Gasteiger partial charge in [-0.15, -0.1) is 11.3 Å². The highest BCUT2D eigenvalue weighted by molar-refractivity contribution is 8.19. The Hall–Kier alpha value is -2.75. The molecule has 7 nitrogen and oxygen atoms in total. The second-order valence-electron chi connectivity index (χ2n) is 5.77. The number of allylic oxidation sites excluding steroid dienone is 1. The Balaban J connectivity index is 1.64. The summed E-state index contributed by atoms with van der Waals surface area (Å²) in [6.45, 7) is 0. The van der Waals surface area contributed by atoms with Crippen molar-refractivity contribution >= 4 is 57.3 Å². The molecule has 1 aromatic carbocycles. The van der Waals surface area contributed by atoms with Crippen LogP contribution in [0.3, 0.4) is 0 Å². The maximum Gasteiger partial charge on any atom is 0.270 e. The van der Waals surface area contributed by atoms with Gasteiger partial charge in [0.05, 0.1) is 19.9 Å². The van der Waals surface area contributed by atoms with E-state index in [-0.39, 0.29) is 16.5 Å². The van der Waals surface area contributed by atoms with Crippen LogP contribution in [0, 0.1) is 15.5 Å². The number of non-ortho nitro benzene ring substituents is 1. The van der Waals surface area contributed by atoms with Gasteiger partial charge in [0.1, 0.15) is 22.4 Å². The predicted octanol–water partition coefficient (Wildman–Crippen LogP) is 5.38. The number of nitro groups is 1. The van der Waals surface area contributed by atoms with Gasteiger partial charge < -0.3 is 4.42 Å². The zero-order chi connectivity index (χ0) is 19.8. The minimum atomic E-state index is -0.670. The predicted molar refractivity (Wildman–Crippen MR) is 109 cm³/mol. The topological polar surface area (TPSA) is 110 Å². The molecule has 1 aliphatic heterocycles. The third-order valence-electron chi connectivity index (χ3n) is 4.01. The van der Waals surface area contributed by atoms with Crippen LogP contribution >= 0.6 is 34.7 Å². The molecular formula is C18H10ClN3O4S2. The van der Waals surface area contributed by atoms with Gasteiger partial charge in [0, 0.05) is 29.3 Å². The Morgan fingerprint density at radius 3 is 2.86 bits per heavy atom. The van der Waals surface area contributed by atoms with E-state index in [0.29, 0.717) is 32.0 Å². The lowest BCUT2D eigenvalue weighted by atomic mass is 10.1. The number of hydrogen-bond donors (Lipinski definition) is 1. The van der Waals surface area contributed by atoms with Crippen LogP contribution in [0.2, 0.25) is 5.02 Å². The second kappa shape index (κ2) is 7.34. The number of nitrogens with zero attached hydrogens (tertiary/aromatic N) is 2. The average molecular weight is 432 g/mol. The fraction of sp³-hybridized carbons (Fsp3) is 0.0556. The number of thiazole rings is 1. The van der Waals surface area contributed by atoms with Gasteiger partial charge in [0.25, 0.3) is 5.69 Å². The van der Waals surface area contributed by atoms with Gasteiger partial charge in [-0.3, -0.25) is 20.3 Å². The van der Waals surface area contributed by atoms with Crippen molar-refractivity contribution in [1.29, 1.82) is 5.41 Å². The van der Waals surface area contributed by atoms with E-state index in [1.54, 1.807) is 29.8 Å². The van der Waals surface area contributed by atoms with Gasteiger partial charge in [0.2, 0.25) is 0 Å². The summed E-state index contributed by atoms with van der Waals surface area (Å²) in [7, 11) is 0. The smallest absolute Gasteiger partial charge is 0.270 e. The number of benzene rings is 1. The molecule has 1 aliphatic rings. The van der Waals surface area contributed by atoms with Crippen molar-refractivity contribution in [3.8, 4) is 11.3 Å². The normalized spacial score (nSPS) is 18.2. The lowest BCUT2D eigenvalue weighted by Gasteiger charge is -2.01. The molecule has 1 fully saturated rings. The number of nitro benzene ring substituents is 1. The van der Waals surface area contributed by atoms with Gasteiger partial charge in [0.15, 0.2) is 5.78 Å². The minimum absolute atomic E-state index is 0.100. The Morgan fingerprint density at radius 2 is 2.14 bits per heavy atom. The highest BCUT2D eigenvalue weighted by atomic mass is 35.5. The van der Waals surface area contributed by atoms with Crippen molar-refractivity contribution in [3.05, 3.63) is 72.7 Å². The molecule has 3 aromatic rings. The molecule has 0 amide bonds. The maximum absolute atomic E-state index is 12.7. The molecule has 0 bridgehead atoms. The van der Waals surface area contributed by atoms with Crippen molar-refractivity contribution in [3.63, 3.8) is 0 Å². The van der Waals surface area contributed by atoms with E-state index in [4.69, 9.17) is 21.4 Å². The molecule has 2 aromatic heterocycles. The van der Waals surface area contributed by atoms with E-state index < -0.39 is 10.8 Å². The highest BCUT2D eigenvalue weighted by Crippen LogP contribution is 2.41. The van der Waals surface area contributed by atoms with E-state index in [1.807, 2.05) is 0 Å². The summed E-state index contributed by atoms with van der Waals surface area (Å²) in [4.78, 5) is 27.7. The molecule has 0 spiro atoms. The molecule has 0 aliphatic carbocycles. The Bertz CT molecular complexity index is 1140. The number of halogens is 1. The number of carbonyl (C=O) groups is 1. The summed E-state index contributed by atoms with van der Waals surface area (Å²) in [5.74, 6) is -0.128. The lowest BCUT2D eigenvalue weighted by molar-refractivity contribution is -0.384. The van der Waals surface area contributed by atoms with Crippen LogP contribution in [0.1, 0.15) is 16.7 Å². The van der Waals surface area contributed by atoms with Gasteiger partial charge >= 0.3 is 0 Å². The fourth-order valence-electron chi connectivity index (χ4n) is 2.71. The van der Waals surface area contributed by atoms with E-state index in [2.05, 4.69) is 4.98 Å². The summed E-state index contributed by atoms with van der Waals surface area (Å²) in [5, 5.41) is 22.0. The van der Waals surface area contributed by atoms with Crippen molar-refractivity contribution < 1.29 is 14.1 Å². The lowest BCUT2D eigenvalue weighted by Crippen LogP contribution is -2.11. The fourth-order valence-corrected chi connectivity index (χ4v) is 4.71. The summed E-state index contributed by atoms with van der Waals surface area (Å²) in [6, 6.07) is 7.36. The van der Waals surface area contributed by atoms with Crippen LogP contribution in [0.5, 0.6) is 0 Å². The summed E-state index contributed by atoms with van der Waals surface area (Å²) in [5.41, 5.74) is 0.288. The molecule has 1 saturated heterocycles. The molecule has 28 heavy (non-hydrogen) atoms. The molecule has 4 rings (SSSR count). The van der Waals surface area contributed by atoms with Crippen molar-refractivity contribution in [1.82, 2.24) is 4.98 Å². The van der Waals surface area contributed by atoms with Crippen LogP contribution in [-0.4, -0.2) is 20.7 Å². The number of Topliss-reactive ketones (excluding diaryl/α,β-unsaturated/α-hetero) is 1. The quantitative estimate of drug-likeness (QED) is 0.337. The third kappa shape index (κ3) is 3.39. The zero-order valence-electron chi connectivity index (χ0n) is 13.9.